The van der Waals surface area contributed by atoms with Gasteiger partial charge in [0.2, 0.25) is 0 Å². The lowest BCUT2D eigenvalue weighted by Gasteiger charge is -2.41. The SMILES string of the molecule is CC#CCC(=O)C1CC2CCC1CC2. The van der Waals surface area contributed by atoms with Crippen molar-refractivity contribution in [2.75, 3.05) is 0 Å². The van der Waals surface area contributed by atoms with E-state index >= 15 is 0 Å². The van der Waals surface area contributed by atoms with E-state index in [1.54, 1.807) is 6.92 Å². The summed E-state index contributed by atoms with van der Waals surface area (Å²) in [7, 11) is 0. The second-order valence-electron chi connectivity index (χ2n) is 4.69. The summed E-state index contributed by atoms with van der Waals surface area (Å²) >= 11 is 0. The number of ketones is 1. The molecule has 0 radical (unpaired) electrons. The minimum Gasteiger partial charge on any atom is -0.298 e. The van der Waals surface area contributed by atoms with Crippen molar-refractivity contribution in [2.24, 2.45) is 17.8 Å². The molecule has 0 N–H and O–H groups in total. The Bertz CT molecular complexity index is 273. The van der Waals surface area contributed by atoms with Gasteiger partial charge in [-0.15, -0.1) is 5.92 Å². The molecule has 3 saturated carbocycles. The summed E-state index contributed by atoms with van der Waals surface area (Å²) in [6, 6.07) is 0. The molecule has 0 aromatic rings. The Hall–Kier alpha value is -0.770. The Labute approximate surface area is 86.3 Å². The first-order chi connectivity index (χ1) is 6.81. The summed E-state index contributed by atoms with van der Waals surface area (Å²) in [5.41, 5.74) is 0. The van der Waals surface area contributed by atoms with E-state index in [4.69, 9.17) is 0 Å². The molecule has 0 saturated heterocycles. The lowest BCUT2D eigenvalue weighted by Crippen LogP contribution is -2.35. The van der Waals surface area contributed by atoms with Crippen LogP contribution in [0.3, 0.4) is 0 Å². The Balaban J connectivity index is 1.96. The van der Waals surface area contributed by atoms with Gasteiger partial charge in [0.05, 0.1) is 6.42 Å². The van der Waals surface area contributed by atoms with Crippen LogP contribution in [-0.2, 0) is 4.79 Å². The zero-order chi connectivity index (χ0) is 9.97. The van der Waals surface area contributed by atoms with Crippen LogP contribution < -0.4 is 0 Å². The monoisotopic (exact) mass is 190 g/mol. The van der Waals surface area contributed by atoms with E-state index in [0.29, 0.717) is 24.0 Å². The van der Waals surface area contributed by atoms with Crippen LogP contribution in [0.15, 0.2) is 0 Å². The number of fused-ring (bicyclic) bond motifs is 3. The van der Waals surface area contributed by atoms with Crippen molar-refractivity contribution < 1.29 is 4.79 Å². The van der Waals surface area contributed by atoms with Gasteiger partial charge in [0.1, 0.15) is 5.78 Å². The number of rotatable bonds is 2. The fourth-order valence-electron chi connectivity index (χ4n) is 3.08. The maximum Gasteiger partial charge on any atom is 0.148 e. The molecule has 0 amide bonds. The largest absolute Gasteiger partial charge is 0.298 e. The van der Waals surface area contributed by atoms with Gasteiger partial charge < -0.3 is 0 Å². The van der Waals surface area contributed by atoms with Crippen LogP contribution in [0.1, 0.15) is 45.4 Å². The molecule has 0 heterocycles. The highest BCUT2D eigenvalue weighted by atomic mass is 16.1. The van der Waals surface area contributed by atoms with Crippen LogP contribution in [0.25, 0.3) is 0 Å². The molecule has 1 unspecified atom stereocenters. The maximum absolute atomic E-state index is 11.8. The molecule has 3 rings (SSSR count). The van der Waals surface area contributed by atoms with Gasteiger partial charge in [-0.05, 0) is 38.0 Å². The molecule has 0 aromatic heterocycles. The molecular weight excluding hydrogens is 172 g/mol. The Kier molecular flexibility index (Phi) is 2.91. The molecule has 0 aromatic carbocycles. The quantitative estimate of drug-likeness (QED) is 0.612. The molecular formula is C13H18O. The Morgan fingerprint density at radius 2 is 2.00 bits per heavy atom. The predicted octanol–water partition coefficient (Wildman–Crippen LogP) is 2.80. The molecule has 1 heteroatoms. The minimum atomic E-state index is 0.364. The van der Waals surface area contributed by atoms with Gasteiger partial charge in [0.15, 0.2) is 0 Å². The molecule has 1 atom stereocenters. The lowest BCUT2D eigenvalue weighted by molar-refractivity contribution is -0.126. The fourth-order valence-corrected chi connectivity index (χ4v) is 3.08. The van der Waals surface area contributed by atoms with Gasteiger partial charge >= 0.3 is 0 Å². The van der Waals surface area contributed by atoms with E-state index in [0.717, 1.165) is 12.3 Å². The third kappa shape index (κ3) is 1.85. The molecule has 76 valence electrons. The first-order valence-electron chi connectivity index (χ1n) is 5.73. The Morgan fingerprint density at radius 3 is 2.50 bits per heavy atom. The first-order valence-corrected chi connectivity index (χ1v) is 5.73. The molecule has 3 aliphatic rings. The average molecular weight is 190 g/mol. The second kappa shape index (κ2) is 4.17. The highest BCUT2D eigenvalue weighted by Crippen LogP contribution is 2.45. The first kappa shape index (κ1) is 9.77. The molecule has 2 bridgehead atoms. The molecule has 14 heavy (non-hydrogen) atoms. The van der Waals surface area contributed by atoms with Gasteiger partial charge in [0, 0.05) is 5.92 Å². The molecule has 3 aliphatic carbocycles. The van der Waals surface area contributed by atoms with Gasteiger partial charge in [-0.1, -0.05) is 18.8 Å². The van der Waals surface area contributed by atoms with Crippen molar-refractivity contribution in [3.8, 4) is 11.8 Å². The molecule has 0 aliphatic heterocycles. The van der Waals surface area contributed by atoms with Gasteiger partial charge in [-0.25, -0.2) is 0 Å². The number of Topliss-reactive ketones (excluding diaryl/α,β-unsaturated/α-hetero) is 1. The van der Waals surface area contributed by atoms with E-state index in [-0.39, 0.29) is 0 Å². The van der Waals surface area contributed by atoms with E-state index in [2.05, 4.69) is 11.8 Å². The van der Waals surface area contributed by atoms with Crippen molar-refractivity contribution in [2.45, 2.75) is 45.4 Å². The second-order valence-corrected chi connectivity index (χ2v) is 4.69. The number of hydrogen-bond donors (Lipinski definition) is 0. The summed E-state index contributed by atoms with van der Waals surface area (Å²) in [6.07, 6.45) is 6.97. The predicted molar refractivity (Wildman–Crippen MR) is 56.6 cm³/mol. The van der Waals surface area contributed by atoms with Crippen LogP contribution >= 0.6 is 0 Å². The smallest absolute Gasteiger partial charge is 0.148 e. The zero-order valence-electron chi connectivity index (χ0n) is 8.88. The van der Waals surface area contributed by atoms with Gasteiger partial charge in [0.25, 0.3) is 0 Å². The van der Waals surface area contributed by atoms with E-state index in [1.807, 2.05) is 0 Å². The normalized spacial score (nSPS) is 34.8. The fraction of sp³-hybridized carbons (Fsp3) is 0.769. The van der Waals surface area contributed by atoms with Crippen LogP contribution in [0, 0.1) is 29.6 Å². The lowest BCUT2D eigenvalue weighted by atomic mass is 9.63. The molecule has 1 nitrogen and oxygen atoms in total. The standard InChI is InChI=1S/C13H18O/c1-2-3-4-13(14)12-9-10-5-7-11(12)8-6-10/h10-12H,4-9H2,1H3. The molecule has 0 spiro atoms. The van der Waals surface area contributed by atoms with E-state index in [9.17, 15) is 4.79 Å². The molecule has 3 fully saturated rings. The topological polar surface area (TPSA) is 17.1 Å². The maximum atomic E-state index is 11.8. The number of carbonyl (C=O) groups is 1. The third-order valence-electron chi connectivity index (χ3n) is 3.90. The highest BCUT2D eigenvalue weighted by Gasteiger charge is 2.38. The van der Waals surface area contributed by atoms with Crippen LogP contribution in [0.5, 0.6) is 0 Å². The number of hydrogen-bond acceptors (Lipinski definition) is 1. The van der Waals surface area contributed by atoms with E-state index in [1.165, 1.54) is 25.7 Å². The highest BCUT2D eigenvalue weighted by molar-refractivity contribution is 5.83. The van der Waals surface area contributed by atoms with Crippen LogP contribution in [0.4, 0.5) is 0 Å². The summed E-state index contributed by atoms with van der Waals surface area (Å²) in [5.74, 6) is 8.04. The zero-order valence-corrected chi connectivity index (χ0v) is 8.88. The van der Waals surface area contributed by atoms with Gasteiger partial charge in [-0.2, -0.15) is 0 Å². The van der Waals surface area contributed by atoms with Crippen molar-refractivity contribution in [3.05, 3.63) is 0 Å². The summed E-state index contributed by atoms with van der Waals surface area (Å²) in [4.78, 5) is 11.8. The summed E-state index contributed by atoms with van der Waals surface area (Å²) in [6.45, 7) is 1.81. The summed E-state index contributed by atoms with van der Waals surface area (Å²) < 4.78 is 0. The Morgan fingerprint density at radius 1 is 1.29 bits per heavy atom. The van der Waals surface area contributed by atoms with Crippen molar-refractivity contribution in [1.82, 2.24) is 0 Å². The average Bonchev–Trinajstić information content (AvgIpc) is 2.27. The van der Waals surface area contributed by atoms with Crippen molar-refractivity contribution >= 4 is 5.78 Å². The number of carbonyl (C=O) groups excluding carboxylic acids is 1. The van der Waals surface area contributed by atoms with Gasteiger partial charge in [-0.3, -0.25) is 4.79 Å². The minimum absolute atomic E-state index is 0.364. The summed E-state index contributed by atoms with van der Waals surface area (Å²) in [5, 5.41) is 0. The third-order valence-corrected chi connectivity index (χ3v) is 3.90. The van der Waals surface area contributed by atoms with Crippen LogP contribution in [0.2, 0.25) is 0 Å². The van der Waals surface area contributed by atoms with Crippen molar-refractivity contribution in [1.29, 1.82) is 0 Å². The van der Waals surface area contributed by atoms with E-state index < -0.39 is 0 Å². The van der Waals surface area contributed by atoms with Crippen molar-refractivity contribution in [3.63, 3.8) is 0 Å². The van der Waals surface area contributed by atoms with Crippen LogP contribution in [-0.4, -0.2) is 5.78 Å².